The SMILES string of the molecule is CCn1nccc1CN(C)C(=O)Cn1ccc(C(F)(F)F)n1. The van der Waals surface area contributed by atoms with Gasteiger partial charge in [-0.15, -0.1) is 0 Å². The molecule has 0 spiro atoms. The van der Waals surface area contributed by atoms with E-state index < -0.39 is 11.9 Å². The Kier molecular flexibility index (Phi) is 4.53. The Balaban J connectivity index is 1.98. The van der Waals surface area contributed by atoms with Crippen LogP contribution in [0.4, 0.5) is 13.2 Å². The molecule has 22 heavy (non-hydrogen) atoms. The van der Waals surface area contributed by atoms with E-state index in [1.165, 1.54) is 4.90 Å². The van der Waals surface area contributed by atoms with Crippen LogP contribution in [0.25, 0.3) is 0 Å². The van der Waals surface area contributed by atoms with Crippen LogP contribution in [-0.4, -0.2) is 37.4 Å². The molecule has 0 aliphatic carbocycles. The van der Waals surface area contributed by atoms with Crippen LogP contribution in [-0.2, 0) is 30.6 Å². The molecule has 0 N–H and O–H groups in total. The van der Waals surface area contributed by atoms with Gasteiger partial charge in [-0.1, -0.05) is 0 Å². The Bertz CT molecular complexity index is 646. The molecule has 0 atom stereocenters. The summed E-state index contributed by atoms with van der Waals surface area (Å²) in [5.41, 5.74) is -0.151. The third-order valence-electron chi connectivity index (χ3n) is 3.16. The van der Waals surface area contributed by atoms with Crippen molar-refractivity contribution in [1.82, 2.24) is 24.5 Å². The lowest BCUT2D eigenvalue weighted by atomic mass is 10.3. The Hall–Kier alpha value is -2.32. The lowest BCUT2D eigenvalue weighted by molar-refractivity contribution is -0.142. The predicted octanol–water partition coefficient (Wildman–Crippen LogP) is 1.78. The summed E-state index contributed by atoms with van der Waals surface area (Å²) in [6, 6.07) is 2.64. The molecule has 120 valence electrons. The van der Waals surface area contributed by atoms with Crippen LogP contribution in [0.2, 0.25) is 0 Å². The highest BCUT2D eigenvalue weighted by atomic mass is 19.4. The van der Waals surface area contributed by atoms with Gasteiger partial charge in [0.2, 0.25) is 5.91 Å². The van der Waals surface area contributed by atoms with E-state index in [4.69, 9.17) is 0 Å². The van der Waals surface area contributed by atoms with Gasteiger partial charge in [0, 0.05) is 26.0 Å². The summed E-state index contributed by atoms with van der Waals surface area (Å²) in [6.45, 7) is 2.70. The van der Waals surface area contributed by atoms with E-state index in [1.54, 1.807) is 24.0 Å². The number of rotatable bonds is 5. The number of likely N-dealkylation sites (N-methyl/N-ethyl adjacent to an activating group) is 1. The highest BCUT2D eigenvalue weighted by Gasteiger charge is 2.33. The molecule has 0 aliphatic heterocycles. The maximum atomic E-state index is 12.5. The average Bonchev–Trinajstić information content (AvgIpc) is 3.06. The van der Waals surface area contributed by atoms with E-state index >= 15 is 0 Å². The fourth-order valence-electron chi connectivity index (χ4n) is 1.97. The molecule has 0 bridgehead atoms. The molecule has 2 rings (SSSR count). The monoisotopic (exact) mass is 315 g/mol. The Labute approximate surface area is 125 Å². The molecule has 0 unspecified atom stereocenters. The largest absolute Gasteiger partial charge is 0.435 e. The predicted molar refractivity (Wildman–Crippen MR) is 71.6 cm³/mol. The number of aromatic nitrogens is 4. The maximum Gasteiger partial charge on any atom is 0.435 e. The molecule has 0 aromatic carbocycles. The first-order valence-electron chi connectivity index (χ1n) is 6.66. The summed E-state index contributed by atoms with van der Waals surface area (Å²) < 4.78 is 40.1. The van der Waals surface area contributed by atoms with E-state index in [-0.39, 0.29) is 12.5 Å². The Morgan fingerprint density at radius 3 is 2.68 bits per heavy atom. The van der Waals surface area contributed by atoms with Gasteiger partial charge in [0.15, 0.2) is 5.69 Å². The van der Waals surface area contributed by atoms with Crippen molar-refractivity contribution >= 4 is 5.91 Å². The van der Waals surface area contributed by atoms with Gasteiger partial charge in [0.1, 0.15) is 6.54 Å². The van der Waals surface area contributed by atoms with Crippen molar-refractivity contribution in [2.45, 2.75) is 32.7 Å². The topological polar surface area (TPSA) is 56.0 Å². The van der Waals surface area contributed by atoms with Crippen LogP contribution in [0, 0.1) is 0 Å². The van der Waals surface area contributed by atoms with Gasteiger partial charge >= 0.3 is 6.18 Å². The van der Waals surface area contributed by atoms with Crippen LogP contribution in [0.3, 0.4) is 0 Å². The molecule has 2 aromatic heterocycles. The number of hydrogen-bond acceptors (Lipinski definition) is 3. The van der Waals surface area contributed by atoms with Gasteiger partial charge in [-0.2, -0.15) is 23.4 Å². The summed E-state index contributed by atoms with van der Waals surface area (Å²) in [5, 5.41) is 7.46. The standard InChI is InChI=1S/C13H16F3N5O/c1-3-21-10(4-6-17-21)8-19(2)12(22)9-20-7-5-11(18-20)13(14,15)16/h4-7H,3,8-9H2,1-2H3. The second-order valence-electron chi connectivity index (χ2n) is 4.78. The van der Waals surface area contributed by atoms with Gasteiger partial charge < -0.3 is 4.90 Å². The number of hydrogen-bond donors (Lipinski definition) is 0. The molecule has 6 nitrogen and oxygen atoms in total. The van der Waals surface area contributed by atoms with Gasteiger partial charge in [-0.3, -0.25) is 14.2 Å². The lowest BCUT2D eigenvalue weighted by Crippen LogP contribution is -2.31. The second kappa shape index (κ2) is 6.20. The molecule has 0 aliphatic rings. The van der Waals surface area contributed by atoms with E-state index in [0.29, 0.717) is 13.1 Å². The van der Waals surface area contributed by atoms with E-state index in [0.717, 1.165) is 22.6 Å². The number of carbonyl (C=O) groups excluding carboxylic acids is 1. The number of alkyl halides is 3. The van der Waals surface area contributed by atoms with Crippen LogP contribution in [0.15, 0.2) is 24.5 Å². The Morgan fingerprint density at radius 2 is 2.09 bits per heavy atom. The normalized spacial score (nSPS) is 11.7. The molecule has 0 radical (unpaired) electrons. The quantitative estimate of drug-likeness (QED) is 0.845. The average molecular weight is 315 g/mol. The van der Waals surface area contributed by atoms with Gasteiger partial charge in [0.25, 0.3) is 0 Å². The zero-order valence-corrected chi connectivity index (χ0v) is 12.2. The fourth-order valence-corrected chi connectivity index (χ4v) is 1.97. The number of carbonyl (C=O) groups is 1. The van der Waals surface area contributed by atoms with Crippen LogP contribution < -0.4 is 0 Å². The molecular weight excluding hydrogens is 299 g/mol. The van der Waals surface area contributed by atoms with Crippen molar-refractivity contribution < 1.29 is 18.0 Å². The van der Waals surface area contributed by atoms with Gasteiger partial charge in [0.05, 0.1) is 12.2 Å². The Morgan fingerprint density at radius 1 is 1.36 bits per heavy atom. The maximum absolute atomic E-state index is 12.5. The first-order chi connectivity index (χ1) is 10.3. The molecular formula is C13H16F3N5O. The molecule has 2 aromatic rings. The third-order valence-corrected chi connectivity index (χ3v) is 3.16. The first kappa shape index (κ1) is 16.1. The summed E-state index contributed by atoms with van der Waals surface area (Å²) >= 11 is 0. The minimum absolute atomic E-state index is 0.243. The zero-order chi connectivity index (χ0) is 16.3. The summed E-state index contributed by atoms with van der Waals surface area (Å²) in [7, 11) is 1.59. The highest BCUT2D eigenvalue weighted by Crippen LogP contribution is 2.27. The van der Waals surface area contributed by atoms with Crippen molar-refractivity contribution in [3.8, 4) is 0 Å². The number of amides is 1. The fraction of sp³-hybridized carbons (Fsp3) is 0.462. The smallest absolute Gasteiger partial charge is 0.338 e. The minimum atomic E-state index is -4.51. The molecule has 0 saturated heterocycles. The summed E-state index contributed by atoms with van der Waals surface area (Å²) in [5.74, 6) is -0.333. The number of nitrogens with zero attached hydrogens (tertiary/aromatic N) is 5. The zero-order valence-electron chi connectivity index (χ0n) is 12.2. The lowest BCUT2D eigenvalue weighted by Gasteiger charge is -2.17. The van der Waals surface area contributed by atoms with Crippen molar-refractivity contribution in [2.75, 3.05) is 7.05 Å². The molecule has 1 amide bonds. The van der Waals surface area contributed by atoms with Crippen LogP contribution in [0.1, 0.15) is 18.3 Å². The molecule has 9 heteroatoms. The minimum Gasteiger partial charge on any atom is -0.338 e. The van der Waals surface area contributed by atoms with Crippen LogP contribution in [0.5, 0.6) is 0 Å². The van der Waals surface area contributed by atoms with E-state index in [1.807, 2.05) is 6.92 Å². The molecule has 2 heterocycles. The molecule has 0 saturated carbocycles. The van der Waals surface area contributed by atoms with Gasteiger partial charge in [-0.05, 0) is 19.1 Å². The second-order valence-corrected chi connectivity index (χ2v) is 4.78. The van der Waals surface area contributed by atoms with Gasteiger partial charge in [-0.25, -0.2) is 0 Å². The third kappa shape index (κ3) is 3.66. The van der Waals surface area contributed by atoms with E-state index in [2.05, 4.69) is 10.2 Å². The van der Waals surface area contributed by atoms with Crippen molar-refractivity contribution in [3.63, 3.8) is 0 Å². The van der Waals surface area contributed by atoms with Crippen LogP contribution >= 0.6 is 0 Å². The first-order valence-corrected chi connectivity index (χ1v) is 6.66. The van der Waals surface area contributed by atoms with Crippen molar-refractivity contribution in [2.24, 2.45) is 0 Å². The highest BCUT2D eigenvalue weighted by molar-refractivity contribution is 5.75. The number of aryl methyl sites for hydroxylation is 1. The van der Waals surface area contributed by atoms with Crippen molar-refractivity contribution in [3.05, 3.63) is 35.9 Å². The van der Waals surface area contributed by atoms with Crippen molar-refractivity contribution in [1.29, 1.82) is 0 Å². The molecule has 0 fully saturated rings. The summed E-state index contributed by atoms with van der Waals surface area (Å²) in [6.07, 6.45) is -1.72. The number of halogens is 3. The van der Waals surface area contributed by atoms with E-state index in [9.17, 15) is 18.0 Å². The summed E-state index contributed by atoms with van der Waals surface area (Å²) in [4.78, 5) is 13.5.